The summed E-state index contributed by atoms with van der Waals surface area (Å²) in [6.45, 7) is 0. The average Bonchev–Trinajstić information content (AvgIpc) is 2.10. The molecule has 0 saturated carbocycles. The Labute approximate surface area is 201 Å². The van der Waals surface area contributed by atoms with Crippen molar-refractivity contribution < 1.29 is 149 Å². The minimum absolute atomic E-state index is 0. The maximum absolute atomic E-state index is 9.80. The second-order valence-corrected chi connectivity index (χ2v) is 5.96. The first-order valence-electron chi connectivity index (χ1n) is 4.13. The van der Waals surface area contributed by atoms with Gasteiger partial charge in [0.05, 0.1) is 11.5 Å². The normalized spacial score (nSPS) is 10.1. The van der Waals surface area contributed by atoms with Gasteiger partial charge < -0.3 is 19.8 Å². The number of hydrogen-bond donors (Lipinski definition) is 2. The number of hydrogen-bond acceptors (Lipinski definition) is 8. The summed E-state index contributed by atoms with van der Waals surface area (Å²) in [5, 5.41) is 19.1. The van der Waals surface area contributed by atoms with Gasteiger partial charge in [-0.3, -0.25) is 9.11 Å². The van der Waals surface area contributed by atoms with Crippen LogP contribution in [-0.4, -0.2) is 49.4 Å². The van der Waals surface area contributed by atoms with Crippen molar-refractivity contribution in [2.45, 2.75) is 12.8 Å². The molecule has 10 nitrogen and oxygen atoms in total. The molecule has 0 rings (SSSR count). The van der Waals surface area contributed by atoms with E-state index in [0.717, 1.165) is 0 Å². The fraction of sp³-hybridized carbons (Fsp3) is 0.667. The van der Waals surface area contributed by atoms with Gasteiger partial charge in [0, 0.05) is 24.8 Å². The predicted molar refractivity (Wildman–Crippen MR) is 52.1 cm³/mol. The van der Waals surface area contributed by atoms with Gasteiger partial charge in [0.15, 0.2) is 0 Å². The van der Waals surface area contributed by atoms with Crippen LogP contribution in [-0.2, 0) is 29.8 Å². The van der Waals surface area contributed by atoms with E-state index < -0.39 is 56.5 Å². The van der Waals surface area contributed by atoms with Gasteiger partial charge in [-0.1, -0.05) is 0 Å². The minimum Gasteiger partial charge on any atom is -0.550 e. The number of carbonyl (C=O) groups is 2. The molecular formula is C6H10K2O10S2. The Morgan fingerprint density at radius 3 is 1.00 bits per heavy atom. The van der Waals surface area contributed by atoms with Crippen LogP contribution in [0.2, 0.25) is 0 Å². The molecule has 0 unspecified atom stereocenters. The molecule has 2 N–H and O–H groups in total. The predicted octanol–water partition coefficient (Wildman–Crippen LogP) is -9.96. The molecule has 108 valence electrons. The molecule has 0 bridgehead atoms. The standard InChI is InChI=1S/2C3H6O5S.2K/c2*4-3(5)1-2-9(6,7)8;;/h2*1-2H2,(H,4,5)(H,6,7,8);;/q;;2*+1/p-2. The second-order valence-electron chi connectivity index (χ2n) is 2.82. The fourth-order valence-electron chi connectivity index (χ4n) is 0.425. The Hall–Kier alpha value is 2.03. The van der Waals surface area contributed by atoms with Crippen molar-refractivity contribution >= 4 is 32.2 Å². The van der Waals surface area contributed by atoms with Crippen LogP contribution in [0.5, 0.6) is 0 Å². The summed E-state index contributed by atoms with van der Waals surface area (Å²) >= 11 is 0. The average molecular weight is 384 g/mol. The number of rotatable bonds is 6. The molecule has 0 aliphatic heterocycles. The second kappa shape index (κ2) is 14.6. The first-order chi connectivity index (χ1) is 7.83. The molecule has 0 radical (unpaired) electrons. The third-order valence-corrected chi connectivity index (χ3v) is 2.57. The van der Waals surface area contributed by atoms with Crippen LogP contribution in [0.25, 0.3) is 0 Å². The van der Waals surface area contributed by atoms with Crippen LogP contribution >= 0.6 is 0 Å². The monoisotopic (exact) mass is 384 g/mol. The van der Waals surface area contributed by atoms with Crippen LogP contribution in [0.4, 0.5) is 0 Å². The van der Waals surface area contributed by atoms with Crippen molar-refractivity contribution in [2.75, 3.05) is 11.5 Å². The molecule has 0 amide bonds. The van der Waals surface area contributed by atoms with Gasteiger partial charge in [-0.05, 0) is 0 Å². The molecule has 0 fully saturated rings. The third kappa shape index (κ3) is 36.9. The van der Waals surface area contributed by atoms with E-state index in [4.69, 9.17) is 9.11 Å². The van der Waals surface area contributed by atoms with Crippen molar-refractivity contribution in [1.29, 1.82) is 0 Å². The maximum atomic E-state index is 9.80. The molecular weight excluding hydrogens is 374 g/mol. The zero-order valence-electron chi connectivity index (χ0n) is 10.8. The smallest absolute Gasteiger partial charge is 0.550 e. The molecule has 0 aromatic rings. The van der Waals surface area contributed by atoms with Crippen molar-refractivity contribution in [3.8, 4) is 0 Å². The van der Waals surface area contributed by atoms with Gasteiger partial charge in [-0.2, -0.15) is 16.8 Å². The van der Waals surface area contributed by atoms with Crippen LogP contribution in [0.1, 0.15) is 12.8 Å². The van der Waals surface area contributed by atoms with E-state index in [9.17, 15) is 36.6 Å². The molecule has 20 heavy (non-hydrogen) atoms. The largest absolute Gasteiger partial charge is 1.00 e. The van der Waals surface area contributed by atoms with E-state index >= 15 is 0 Å². The summed E-state index contributed by atoms with van der Waals surface area (Å²) in [5.74, 6) is -4.55. The van der Waals surface area contributed by atoms with E-state index in [1.54, 1.807) is 0 Å². The van der Waals surface area contributed by atoms with Gasteiger partial charge >= 0.3 is 103 Å². The van der Waals surface area contributed by atoms with E-state index in [1.165, 1.54) is 0 Å². The van der Waals surface area contributed by atoms with Crippen LogP contribution in [0.3, 0.4) is 0 Å². The van der Waals surface area contributed by atoms with Crippen molar-refractivity contribution in [1.82, 2.24) is 0 Å². The topological polar surface area (TPSA) is 189 Å². The van der Waals surface area contributed by atoms with Crippen LogP contribution in [0.15, 0.2) is 0 Å². The fourth-order valence-corrected chi connectivity index (χ4v) is 1.27. The number of aliphatic carboxylic acids is 2. The number of carboxylic acids is 2. The first-order valence-corrected chi connectivity index (χ1v) is 7.35. The summed E-state index contributed by atoms with van der Waals surface area (Å²) in [4.78, 5) is 19.1. The Morgan fingerprint density at radius 1 is 0.750 bits per heavy atom. The molecule has 0 atom stereocenters. The van der Waals surface area contributed by atoms with Gasteiger partial charge in [-0.25, -0.2) is 0 Å². The molecule has 0 aromatic heterocycles. The van der Waals surface area contributed by atoms with Gasteiger partial charge in [0.1, 0.15) is 0 Å². The molecule has 0 heterocycles. The molecule has 0 aromatic carbocycles. The minimum atomic E-state index is -4.14. The summed E-state index contributed by atoms with van der Waals surface area (Å²) < 4.78 is 55.1. The van der Waals surface area contributed by atoms with Gasteiger partial charge in [-0.15, -0.1) is 0 Å². The van der Waals surface area contributed by atoms with Crippen LogP contribution in [0, 0.1) is 0 Å². The van der Waals surface area contributed by atoms with Gasteiger partial charge in [0.25, 0.3) is 20.2 Å². The van der Waals surface area contributed by atoms with Crippen molar-refractivity contribution in [3.05, 3.63) is 0 Å². The Bertz CT molecular complexity index is 436. The molecule has 14 heteroatoms. The summed E-state index contributed by atoms with van der Waals surface area (Å²) in [6.07, 6.45) is -1.34. The molecule has 0 spiro atoms. The zero-order valence-corrected chi connectivity index (χ0v) is 18.7. The maximum Gasteiger partial charge on any atom is 1.00 e. The van der Waals surface area contributed by atoms with Gasteiger partial charge in [0.2, 0.25) is 0 Å². The Kier molecular flexibility index (Phi) is 21.9. The van der Waals surface area contributed by atoms with E-state index in [-0.39, 0.29) is 103 Å². The summed E-state index contributed by atoms with van der Waals surface area (Å²) in [5.41, 5.74) is 0. The van der Waals surface area contributed by atoms with E-state index in [0.29, 0.717) is 0 Å². The summed E-state index contributed by atoms with van der Waals surface area (Å²) in [7, 11) is -8.28. The zero-order chi connectivity index (χ0) is 15.0. The van der Waals surface area contributed by atoms with Crippen LogP contribution < -0.4 is 113 Å². The number of carbonyl (C=O) groups excluding carboxylic acids is 2. The Morgan fingerprint density at radius 2 is 0.950 bits per heavy atom. The quantitative estimate of drug-likeness (QED) is 0.328. The molecule has 0 aliphatic rings. The summed E-state index contributed by atoms with van der Waals surface area (Å²) in [6, 6.07) is 0. The third-order valence-electron chi connectivity index (χ3n) is 1.13. The van der Waals surface area contributed by atoms with E-state index in [2.05, 4.69) is 0 Å². The Balaban J connectivity index is -0.000000116. The number of carboxylic acid groups (broad SMARTS) is 2. The first kappa shape index (κ1) is 30.0. The molecule has 0 aliphatic carbocycles. The van der Waals surface area contributed by atoms with Crippen molar-refractivity contribution in [3.63, 3.8) is 0 Å². The SMILES string of the molecule is O=C([O-])CCS(=O)(=O)O.O=C([O-])CCS(=O)(=O)O.[K+].[K+]. The van der Waals surface area contributed by atoms with Crippen molar-refractivity contribution in [2.24, 2.45) is 0 Å². The van der Waals surface area contributed by atoms with E-state index in [1.807, 2.05) is 0 Å². The molecule has 0 saturated heterocycles.